The topological polar surface area (TPSA) is 9.23 Å². The van der Waals surface area contributed by atoms with Crippen molar-refractivity contribution in [1.29, 1.82) is 0 Å². The van der Waals surface area contributed by atoms with Crippen LogP contribution in [0.3, 0.4) is 0 Å². The number of hydrogen-bond donors (Lipinski definition) is 0. The number of benzene rings is 2. The highest BCUT2D eigenvalue weighted by Gasteiger charge is 2.22. The van der Waals surface area contributed by atoms with Gasteiger partial charge < -0.3 is 4.74 Å². The van der Waals surface area contributed by atoms with Crippen molar-refractivity contribution in [2.45, 2.75) is 84.2 Å². The molecule has 0 spiro atoms. The summed E-state index contributed by atoms with van der Waals surface area (Å²) in [5.74, 6) is 1.50. The highest BCUT2D eigenvalue weighted by Crippen LogP contribution is 2.38. The van der Waals surface area contributed by atoms with Gasteiger partial charge in [0.2, 0.25) is 0 Å². The molecule has 2 aromatic carbocycles. The summed E-state index contributed by atoms with van der Waals surface area (Å²) in [5.41, 5.74) is 3.59. The Morgan fingerprint density at radius 2 is 1.61 bits per heavy atom. The molecule has 2 aromatic rings. The fraction of sp³-hybridized carbons (Fsp3) is 0.538. The van der Waals surface area contributed by atoms with Gasteiger partial charge >= 0.3 is 0 Å². The number of aryl methyl sites for hydroxylation is 1. The lowest BCUT2D eigenvalue weighted by atomic mass is 9.78. The van der Waals surface area contributed by atoms with E-state index in [4.69, 9.17) is 4.74 Å². The molecule has 1 aliphatic rings. The third-order valence-electron chi connectivity index (χ3n) is 6.34. The Labute approximate surface area is 170 Å². The van der Waals surface area contributed by atoms with Crippen molar-refractivity contribution < 1.29 is 9.13 Å². The summed E-state index contributed by atoms with van der Waals surface area (Å²) in [5, 5.41) is 0. The van der Waals surface area contributed by atoms with E-state index in [1.54, 1.807) is 6.07 Å². The van der Waals surface area contributed by atoms with E-state index >= 15 is 0 Å². The van der Waals surface area contributed by atoms with Crippen LogP contribution in [-0.4, -0.2) is 0 Å². The number of ether oxygens (including phenoxy) is 1. The van der Waals surface area contributed by atoms with Crippen LogP contribution in [0.2, 0.25) is 0 Å². The molecular weight excluding hydrogens is 347 g/mol. The van der Waals surface area contributed by atoms with Gasteiger partial charge in [-0.25, -0.2) is 4.39 Å². The van der Waals surface area contributed by atoms with Gasteiger partial charge in [-0.1, -0.05) is 63.4 Å². The fourth-order valence-electron chi connectivity index (χ4n) is 4.33. The summed E-state index contributed by atoms with van der Waals surface area (Å²) < 4.78 is 20.3. The standard InChI is InChI=1S/C26H35FO/c1-3-5-6-7-21-8-10-22(11-9-21)19-28-26-17-16-24(18-25(26)27)23-14-12-20(4-2)13-15-23/h8-11,16-18,20,23H,3-7,12-15,19H2,1-2H3. The summed E-state index contributed by atoms with van der Waals surface area (Å²) in [6.07, 6.45) is 11.1. The highest BCUT2D eigenvalue weighted by molar-refractivity contribution is 5.32. The molecule has 1 aliphatic carbocycles. The van der Waals surface area contributed by atoms with E-state index < -0.39 is 0 Å². The molecule has 0 aliphatic heterocycles. The van der Waals surface area contributed by atoms with Crippen LogP contribution in [0.25, 0.3) is 0 Å². The molecule has 0 radical (unpaired) electrons. The largest absolute Gasteiger partial charge is 0.486 e. The van der Waals surface area contributed by atoms with E-state index in [1.165, 1.54) is 56.9 Å². The molecule has 0 saturated heterocycles. The van der Waals surface area contributed by atoms with Gasteiger partial charge in [0, 0.05) is 0 Å². The Morgan fingerprint density at radius 1 is 0.893 bits per heavy atom. The van der Waals surface area contributed by atoms with Gasteiger partial charge in [-0.3, -0.25) is 0 Å². The lowest BCUT2D eigenvalue weighted by Crippen LogP contribution is -2.12. The van der Waals surface area contributed by atoms with Crippen LogP contribution in [-0.2, 0) is 13.0 Å². The molecule has 0 N–H and O–H groups in total. The molecule has 1 saturated carbocycles. The molecule has 0 unspecified atom stereocenters. The smallest absolute Gasteiger partial charge is 0.165 e. The normalized spacial score (nSPS) is 19.5. The van der Waals surface area contributed by atoms with Crippen LogP contribution in [0.1, 0.15) is 87.8 Å². The lowest BCUT2D eigenvalue weighted by molar-refractivity contribution is 0.289. The van der Waals surface area contributed by atoms with Crippen molar-refractivity contribution >= 4 is 0 Å². The van der Waals surface area contributed by atoms with Crippen LogP contribution >= 0.6 is 0 Å². The average Bonchev–Trinajstić information content (AvgIpc) is 2.74. The monoisotopic (exact) mass is 382 g/mol. The van der Waals surface area contributed by atoms with Gasteiger partial charge in [0.05, 0.1) is 0 Å². The Morgan fingerprint density at radius 3 is 2.25 bits per heavy atom. The van der Waals surface area contributed by atoms with Crippen molar-refractivity contribution in [2.24, 2.45) is 5.92 Å². The second kappa shape index (κ2) is 10.6. The number of halogens is 1. The average molecular weight is 383 g/mol. The molecule has 0 bridgehead atoms. The second-order valence-corrected chi connectivity index (χ2v) is 8.38. The minimum Gasteiger partial charge on any atom is -0.486 e. The Kier molecular flexibility index (Phi) is 7.94. The van der Waals surface area contributed by atoms with Crippen LogP contribution < -0.4 is 4.74 Å². The predicted octanol–water partition coefficient (Wildman–Crippen LogP) is 7.82. The number of rotatable bonds is 9. The highest BCUT2D eigenvalue weighted by atomic mass is 19.1. The summed E-state index contributed by atoms with van der Waals surface area (Å²) in [7, 11) is 0. The summed E-state index contributed by atoms with van der Waals surface area (Å²) in [4.78, 5) is 0. The van der Waals surface area contributed by atoms with Gasteiger partial charge in [-0.15, -0.1) is 0 Å². The van der Waals surface area contributed by atoms with E-state index in [0.29, 0.717) is 18.3 Å². The first-order valence-corrected chi connectivity index (χ1v) is 11.2. The van der Waals surface area contributed by atoms with Crippen LogP contribution in [0.15, 0.2) is 42.5 Å². The quantitative estimate of drug-likeness (QED) is 0.402. The third-order valence-corrected chi connectivity index (χ3v) is 6.34. The van der Waals surface area contributed by atoms with Crippen molar-refractivity contribution in [3.63, 3.8) is 0 Å². The fourth-order valence-corrected chi connectivity index (χ4v) is 4.33. The summed E-state index contributed by atoms with van der Waals surface area (Å²) in [6.45, 7) is 4.91. The molecular formula is C26H35FO. The van der Waals surface area contributed by atoms with Gasteiger partial charge in [-0.2, -0.15) is 0 Å². The Bertz CT molecular complexity index is 714. The molecule has 0 heterocycles. The molecule has 2 heteroatoms. The maximum absolute atomic E-state index is 14.6. The maximum Gasteiger partial charge on any atom is 0.165 e. The second-order valence-electron chi connectivity index (χ2n) is 8.38. The van der Waals surface area contributed by atoms with Gasteiger partial charge in [0.25, 0.3) is 0 Å². The van der Waals surface area contributed by atoms with Gasteiger partial charge in [-0.05, 0) is 79.2 Å². The lowest BCUT2D eigenvalue weighted by Gasteiger charge is -2.28. The zero-order valence-electron chi connectivity index (χ0n) is 17.6. The SMILES string of the molecule is CCCCCc1ccc(COc2ccc(C3CCC(CC)CC3)cc2F)cc1. The van der Waals surface area contributed by atoms with E-state index in [9.17, 15) is 4.39 Å². The van der Waals surface area contributed by atoms with Gasteiger partial charge in [0.15, 0.2) is 11.6 Å². The van der Waals surface area contributed by atoms with Crippen molar-refractivity contribution in [1.82, 2.24) is 0 Å². The first-order chi connectivity index (χ1) is 13.7. The van der Waals surface area contributed by atoms with Crippen molar-refractivity contribution in [3.8, 4) is 5.75 Å². The van der Waals surface area contributed by atoms with E-state index in [0.717, 1.165) is 23.5 Å². The summed E-state index contributed by atoms with van der Waals surface area (Å²) in [6, 6.07) is 14.1. The zero-order valence-corrected chi connectivity index (χ0v) is 17.6. The predicted molar refractivity (Wildman–Crippen MR) is 115 cm³/mol. The van der Waals surface area contributed by atoms with Crippen LogP contribution in [0, 0.1) is 11.7 Å². The zero-order chi connectivity index (χ0) is 19.8. The first kappa shape index (κ1) is 20.9. The minimum atomic E-state index is -0.230. The third kappa shape index (κ3) is 5.83. The Hall–Kier alpha value is -1.83. The van der Waals surface area contributed by atoms with E-state index in [2.05, 4.69) is 44.2 Å². The maximum atomic E-state index is 14.6. The van der Waals surface area contributed by atoms with Crippen molar-refractivity contribution in [3.05, 3.63) is 65.0 Å². The van der Waals surface area contributed by atoms with Gasteiger partial charge in [0.1, 0.15) is 6.61 Å². The number of hydrogen-bond acceptors (Lipinski definition) is 1. The first-order valence-electron chi connectivity index (χ1n) is 11.2. The van der Waals surface area contributed by atoms with Crippen LogP contribution in [0.4, 0.5) is 4.39 Å². The van der Waals surface area contributed by atoms with E-state index in [-0.39, 0.29) is 5.82 Å². The Balaban J connectivity index is 1.52. The molecule has 0 amide bonds. The molecule has 1 nitrogen and oxygen atoms in total. The summed E-state index contributed by atoms with van der Waals surface area (Å²) >= 11 is 0. The molecule has 0 atom stereocenters. The number of unbranched alkanes of at least 4 members (excludes halogenated alkanes) is 2. The van der Waals surface area contributed by atoms with E-state index in [1.807, 2.05) is 6.07 Å². The van der Waals surface area contributed by atoms with Crippen LogP contribution in [0.5, 0.6) is 5.75 Å². The molecule has 1 fully saturated rings. The molecule has 3 rings (SSSR count). The minimum absolute atomic E-state index is 0.230. The molecule has 28 heavy (non-hydrogen) atoms. The molecule has 152 valence electrons. The molecule has 0 aromatic heterocycles. The van der Waals surface area contributed by atoms with Crippen molar-refractivity contribution in [2.75, 3.05) is 0 Å².